The number of aromatic carboxylic acids is 1. The molecule has 4 rings (SSSR count). The number of hydrogen-bond acceptors (Lipinski definition) is 4. The minimum absolute atomic E-state index is 0.224. The van der Waals surface area contributed by atoms with Crippen LogP contribution in [0, 0.1) is 6.92 Å². The van der Waals surface area contributed by atoms with Crippen LogP contribution in [-0.2, 0) is 5.41 Å². The number of fused-ring (bicyclic) bond motifs is 1. The van der Waals surface area contributed by atoms with Crippen LogP contribution in [0.2, 0.25) is 0 Å². The topological polar surface area (TPSA) is 93.7 Å². The number of carbonyl (C=O) groups excluding carboxylic acids is 1. The third kappa shape index (κ3) is 2.58. The molecule has 1 aromatic carbocycles. The van der Waals surface area contributed by atoms with E-state index in [0.717, 1.165) is 29.1 Å². The number of aryl methyl sites for hydroxylation is 1. The lowest BCUT2D eigenvalue weighted by Crippen LogP contribution is -2.39. The highest BCUT2D eigenvalue weighted by Crippen LogP contribution is 2.42. The third-order valence-electron chi connectivity index (χ3n) is 5.38. The molecule has 0 radical (unpaired) electrons. The highest BCUT2D eigenvalue weighted by Gasteiger charge is 2.44. The van der Waals surface area contributed by atoms with E-state index in [2.05, 4.69) is 5.10 Å². The van der Waals surface area contributed by atoms with E-state index in [1.54, 1.807) is 13.0 Å². The average molecular weight is 365 g/mol. The van der Waals surface area contributed by atoms with Crippen LogP contribution in [0.15, 0.2) is 47.4 Å². The Labute approximate surface area is 154 Å². The fourth-order valence-electron chi connectivity index (χ4n) is 4.07. The van der Waals surface area contributed by atoms with Crippen molar-refractivity contribution in [1.82, 2.24) is 14.2 Å². The van der Waals surface area contributed by atoms with Gasteiger partial charge in [0.25, 0.3) is 5.56 Å². The first-order valence-electron chi connectivity index (χ1n) is 8.90. The van der Waals surface area contributed by atoms with Crippen molar-refractivity contribution in [2.45, 2.75) is 38.0 Å². The molecule has 1 N–H and O–H groups in total. The van der Waals surface area contributed by atoms with E-state index >= 15 is 0 Å². The second-order valence-electron chi connectivity index (χ2n) is 7.04. The van der Waals surface area contributed by atoms with Gasteiger partial charge in [-0.3, -0.25) is 14.2 Å². The maximum Gasteiger partial charge on any atom is 0.342 e. The Bertz CT molecular complexity index is 1110. The summed E-state index contributed by atoms with van der Waals surface area (Å²) >= 11 is 0. The smallest absolute Gasteiger partial charge is 0.342 e. The van der Waals surface area contributed by atoms with Gasteiger partial charge in [0.1, 0.15) is 11.2 Å². The monoisotopic (exact) mass is 365 g/mol. The molecule has 0 aliphatic heterocycles. The number of carboxylic acids is 1. The first kappa shape index (κ1) is 17.2. The van der Waals surface area contributed by atoms with Gasteiger partial charge in [0.2, 0.25) is 5.91 Å². The van der Waals surface area contributed by atoms with Gasteiger partial charge in [-0.15, -0.1) is 0 Å². The molecule has 0 spiro atoms. The van der Waals surface area contributed by atoms with Crippen LogP contribution in [-0.4, -0.2) is 31.2 Å². The van der Waals surface area contributed by atoms with E-state index in [1.807, 2.05) is 30.3 Å². The highest BCUT2D eigenvalue weighted by molar-refractivity contribution is 5.95. The molecule has 0 atom stereocenters. The largest absolute Gasteiger partial charge is 0.477 e. The Morgan fingerprint density at radius 3 is 2.44 bits per heavy atom. The zero-order valence-electron chi connectivity index (χ0n) is 14.9. The molecule has 1 fully saturated rings. The SMILES string of the molecule is Cc1cc2n(C(=O)C3(c4ccccc4)CCCC3)cc(C(=O)O)c(=O)n2n1. The average Bonchev–Trinajstić information content (AvgIpc) is 3.30. The van der Waals surface area contributed by atoms with Gasteiger partial charge in [-0.1, -0.05) is 43.2 Å². The molecule has 7 nitrogen and oxygen atoms in total. The van der Waals surface area contributed by atoms with Crippen LogP contribution >= 0.6 is 0 Å². The van der Waals surface area contributed by atoms with E-state index in [9.17, 15) is 19.5 Å². The summed E-state index contributed by atoms with van der Waals surface area (Å²) < 4.78 is 2.30. The van der Waals surface area contributed by atoms with Crippen LogP contribution in [0.4, 0.5) is 0 Å². The Hall–Kier alpha value is -3.22. The molecule has 1 aliphatic carbocycles. The van der Waals surface area contributed by atoms with Crippen molar-refractivity contribution < 1.29 is 14.7 Å². The molecule has 138 valence electrons. The summed E-state index contributed by atoms with van der Waals surface area (Å²) in [5.41, 5.74) is -0.205. The molecule has 0 saturated heterocycles. The first-order valence-corrected chi connectivity index (χ1v) is 8.90. The van der Waals surface area contributed by atoms with Crippen molar-refractivity contribution in [1.29, 1.82) is 0 Å². The number of carbonyl (C=O) groups is 2. The summed E-state index contributed by atoms with van der Waals surface area (Å²) in [6, 6.07) is 11.2. The lowest BCUT2D eigenvalue weighted by atomic mass is 9.78. The highest BCUT2D eigenvalue weighted by atomic mass is 16.4. The van der Waals surface area contributed by atoms with Gasteiger partial charge in [-0.2, -0.15) is 9.61 Å². The van der Waals surface area contributed by atoms with E-state index < -0.39 is 22.5 Å². The van der Waals surface area contributed by atoms with Crippen molar-refractivity contribution in [3.8, 4) is 0 Å². The summed E-state index contributed by atoms with van der Waals surface area (Å²) in [5, 5.41) is 13.5. The molecular weight excluding hydrogens is 346 g/mol. The van der Waals surface area contributed by atoms with E-state index in [-0.39, 0.29) is 11.6 Å². The van der Waals surface area contributed by atoms with E-state index in [4.69, 9.17) is 0 Å². The predicted molar refractivity (Wildman–Crippen MR) is 98.4 cm³/mol. The lowest BCUT2D eigenvalue weighted by Gasteiger charge is -2.29. The van der Waals surface area contributed by atoms with E-state index in [1.165, 1.54) is 4.57 Å². The van der Waals surface area contributed by atoms with Gasteiger partial charge in [0, 0.05) is 12.3 Å². The van der Waals surface area contributed by atoms with Crippen molar-refractivity contribution >= 4 is 17.5 Å². The summed E-state index contributed by atoms with van der Waals surface area (Å²) in [5.74, 6) is -1.60. The Morgan fingerprint density at radius 1 is 1.15 bits per heavy atom. The molecule has 3 aromatic rings. The zero-order valence-corrected chi connectivity index (χ0v) is 14.9. The number of carboxylic acid groups (broad SMARTS) is 1. The first-order chi connectivity index (χ1) is 12.9. The molecule has 7 heteroatoms. The summed E-state index contributed by atoms with van der Waals surface area (Å²) in [4.78, 5) is 37.7. The lowest BCUT2D eigenvalue weighted by molar-refractivity contribution is 0.0693. The van der Waals surface area contributed by atoms with Crippen LogP contribution in [0.25, 0.3) is 5.65 Å². The van der Waals surface area contributed by atoms with Crippen LogP contribution in [0.1, 0.15) is 52.1 Å². The number of nitrogens with zero attached hydrogens (tertiary/aromatic N) is 3. The minimum Gasteiger partial charge on any atom is -0.477 e. The maximum atomic E-state index is 13.7. The Morgan fingerprint density at radius 2 is 1.81 bits per heavy atom. The van der Waals surface area contributed by atoms with Gasteiger partial charge < -0.3 is 5.11 Å². The standard InChI is InChI=1S/C20H19N3O4/c1-13-11-16-22(12-15(18(25)26)17(24)23(16)21-13)19(27)20(9-5-6-10-20)14-7-3-2-4-8-14/h2-4,7-8,11-12H,5-6,9-10H2,1H3,(H,25,26). The molecule has 27 heavy (non-hydrogen) atoms. The van der Waals surface area contributed by atoms with Gasteiger partial charge in [-0.25, -0.2) is 4.79 Å². The molecule has 2 aromatic heterocycles. The molecule has 0 amide bonds. The van der Waals surface area contributed by atoms with Gasteiger partial charge in [0.15, 0.2) is 0 Å². The second-order valence-corrected chi connectivity index (χ2v) is 7.04. The van der Waals surface area contributed by atoms with Crippen LogP contribution < -0.4 is 5.56 Å². The van der Waals surface area contributed by atoms with Crippen molar-refractivity contribution in [3.05, 3.63) is 69.8 Å². The molecule has 0 unspecified atom stereocenters. The second kappa shape index (κ2) is 6.19. The number of aromatic nitrogens is 3. The molecule has 1 aliphatic rings. The summed E-state index contributed by atoms with van der Waals surface area (Å²) in [6.45, 7) is 1.70. The van der Waals surface area contributed by atoms with Gasteiger partial charge in [0.05, 0.1) is 11.1 Å². The number of hydrogen-bond donors (Lipinski definition) is 1. The van der Waals surface area contributed by atoms with Gasteiger partial charge in [-0.05, 0) is 25.3 Å². The molecular formula is C20H19N3O4. The summed E-state index contributed by atoms with van der Waals surface area (Å²) in [7, 11) is 0. The van der Waals surface area contributed by atoms with Crippen molar-refractivity contribution in [3.63, 3.8) is 0 Å². The Balaban J connectivity index is 1.98. The maximum absolute atomic E-state index is 13.7. The van der Waals surface area contributed by atoms with Crippen LogP contribution in [0.5, 0.6) is 0 Å². The fourth-order valence-corrected chi connectivity index (χ4v) is 4.07. The number of benzene rings is 1. The quantitative estimate of drug-likeness (QED) is 0.770. The van der Waals surface area contributed by atoms with Gasteiger partial charge >= 0.3 is 5.97 Å². The Kier molecular flexibility index (Phi) is 3.95. The normalized spacial score (nSPS) is 15.9. The minimum atomic E-state index is -1.38. The van der Waals surface area contributed by atoms with E-state index in [0.29, 0.717) is 18.5 Å². The third-order valence-corrected chi connectivity index (χ3v) is 5.38. The molecule has 1 saturated carbocycles. The molecule has 2 heterocycles. The fraction of sp³-hybridized carbons (Fsp3) is 0.300. The zero-order chi connectivity index (χ0) is 19.2. The van der Waals surface area contributed by atoms with Crippen molar-refractivity contribution in [2.24, 2.45) is 0 Å². The van der Waals surface area contributed by atoms with Crippen LogP contribution in [0.3, 0.4) is 0 Å². The molecule has 0 bridgehead atoms. The number of rotatable bonds is 3. The van der Waals surface area contributed by atoms with Crippen molar-refractivity contribution in [2.75, 3.05) is 0 Å². The summed E-state index contributed by atoms with van der Waals surface area (Å²) in [6.07, 6.45) is 4.35. The predicted octanol–water partition coefficient (Wildman–Crippen LogP) is 2.65.